The molecule has 17 heavy (non-hydrogen) atoms. The molecule has 0 radical (unpaired) electrons. The molecular formula is C12H17NO4. The molecule has 5 heteroatoms. The fourth-order valence-corrected chi connectivity index (χ4v) is 1.90. The number of carbonyl (C=O) groups excluding carboxylic acids is 1. The number of esters is 1. The van der Waals surface area contributed by atoms with Crippen LogP contribution in [0.2, 0.25) is 0 Å². The van der Waals surface area contributed by atoms with Crippen molar-refractivity contribution in [2.45, 2.75) is 25.4 Å². The van der Waals surface area contributed by atoms with Gasteiger partial charge in [0.1, 0.15) is 5.76 Å². The van der Waals surface area contributed by atoms with Crippen LogP contribution in [0.5, 0.6) is 0 Å². The lowest BCUT2D eigenvalue weighted by atomic mass is 10.2. The number of methoxy groups -OCH3 is 1. The first-order valence-electron chi connectivity index (χ1n) is 5.72. The number of carbonyl (C=O) groups is 1. The third-order valence-corrected chi connectivity index (χ3v) is 2.86. The number of nitrogens with one attached hydrogen (secondary N) is 1. The van der Waals surface area contributed by atoms with E-state index in [2.05, 4.69) is 10.1 Å². The van der Waals surface area contributed by atoms with Gasteiger partial charge in [0, 0.05) is 12.6 Å². The summed E-state index contributed by atoms with van der Waals surface area (Å²) in [4.78, 5) is 11.2. The summed E-state index contributed by atoms with van der Waals surface area (Å²) in [6.45, 7) is 3.53. The van der Waals surface area contributed by atoms with Crippen molar-refractivity contribution in [2.24, 2.45) is 0 Å². The second-order valence-electron chi connectivity index (χ2n) is 4.14. The molecule has 0 amide bonds. The number of ether oxygens (including phenoxy) is 2. The van der Waals surface area contributed by atoms with Gasteiger partial charge >= 0.3 is 5.97 Å². The van der Waals surface area contributed by atoms with Crippen LogP contribution in [0.15, 0.2) is 16.5 Å². The zero-order valence-electron chi connectivity index (χ0n) is 10.1. The van der Waals surface area contributed by atoms with Gasteiger partial charge in [0.05, 0.1) is 19.8 Å². The van der Waals surface area contributed by atoms with Crippen LogP contribution in [-0.2, 0) is 9.47 Å². The number of rotatable bonds is 4. The van der Waals surface area contributed by atoms with Crippen molar-refractivity contribution in [2.75, 3.05) is 20.3 Å². The predicted molar refractivity (Wildman–Crippen MR) is 60.8 cm³/mol. The predicted octanol–water partition coefficient (Wildman–Crippen LogP) is 1.51. The van der Waals surface area contributed by atoms with E-state index in [0.717, 1.165) is 25.4 Å². The maximum absolute atomic E-state index is 11.2. The SMILES string of the molecule is COC(=O)c1ccc(C(C)NC2CCOC2)o1. The van der Waals surface area contributed by atoms with E-state index in [9.17, 15) is 4.79 Å². The summed E-state index contributed by atoms with van der Waals surface area (Å²) >= 11 is 0. The normalized spacial score (nSPS) is 21.4. The van der Waals surface area contributed by atoms with Crippen molar-refractivity contribution >= 4 is 5.97 Å². The fourth-order valence-electron chi connectivity index (χ4n) is 1.90. The van der Waals surface area contributed by atoms with Crippen LogP contribution in [0.4, 0.5) is 0 Å². The Morgan fingerprint density at radius 1 is 1.59 bits per heavy atom. The van der Waals surface area contributed by atoms with E-state index in [4.69, 9.17) is 9.15 Å². The van der Waals surface area contributed by atoms with Gasteiger partial charge in [0.2, 0.25) is 5.76 Å². The molecule has 1 fully saturated rings. The van der Waals surface area contributed by atoms with Gasteiger partial charge in [-0.05, 0) is 25.5 Å². The van der Waals surface area contributed by atoms with Crippen LogP contribution in [0.25, 0.3) is 0 Å². The molecule has 1 aliphatic rings. The van der Waals surface area contributed by atoms with Crippen molar-refractivity contribution in [3.63, 3.8) is 0 Å². The summed E-state index contributed by atoms with van der Waals surface area (Å²) in [6.07, 6.45) is 1.01. The molecule has 1 aliphatic heterocycles. The molecule has 0 bridgehead atoms. The highest BCUT2D eigenvalue weighted by Gasteiger charge is 2.21. The van der Waals surface area contributed by atoms with Crippen LogP contribution in [0, 0.1) is 0 Å². The summed E-state index contributed by atoms with van der Waals surface area (Å²) in [5.74, 6) is 0.517. The van der Waals surface area contributed by atoms with Crippen LogP contribution >= 0.6 is 0 Å². The van der Waals surface area contributed by atoms with Crippen LogP contribution < -0.4 is 5.32 Å². The summed E-state index contributed by atoms with van der Waals surface area (Å²) in [5.41, 5.74) is 0. The molecule has 2 atom stereocenters. The molecule has 2 unspecified atom stereocenters. The van der Waals surface area contributed by atoms with Crippen molar-refractivity contribution < 1.29 is 18.7 Å². The molecule has 1 aromatic rings. The van der Waals surface area contributed by atoms with Crippen molar-refractivity contribution in [3.8, 4) is 0 Å². The lowest BCUT2D eigenvalue weighted by Crippen LogP contribution is -2.31. The molecule has 1 aromatic heterocycles. The Morgan fingerprint density at radius 2 is 2.41 bits per heavy atom. The Kier molecular flexibility index (Phi) is 3.81. The topological polar surface area (TPSA) is 60.7 Å². The first-order valence-corrected chi connectivity index (χ1v) is 5.72. The van der Waals surface area contributed by atoms with Gasteiger partial charge in [-0.15, -0.1) is 0 Å². The zero-order chi connectivity index (χ0) is 12.3. The average Bonchev–Trinajstić information content (AvgIpc) is 2.98. The van der Waals surface area contributed by atoms with Crippen LogP contribution in [0.3, 0.4) is 0 Å². The quantitative estimate of drug-likeness (QED) is 0.807. The molecule has 2 heterocycles. The summed E-state index contributed by atoms with van der Waals surface area (Å²) in [7, 11) is 1.34. The lowest BCUT2D eigenvalue weighted by Gasteiger charge is -2.15. The minimum atomic E-state index is -0.451. The van der Waals surface area contributed by atoms with Gasteiger partial charge < -0.3 is 19.2 Å². The Labute approximate surface area is 100 Å². The molecule has 2 rings (SSSR count). The maximum atomic E-state index is 11.2. The highest BCUT2D eigenvalue weighted by atomic mass is 16.5. The van der Waals surface area contributed by atoms with Gasteiger partial charge in [-0.3, -0.25) is 0 Å². The second kappa shape index (κ2) is 5.33. The molecule has 1 saturated heterocycles. The molecule has 0 aliphatic carbocycles. The fraction of sp³-hybridized carbons (Fsp3) is 0.583. The van der Waals surface area contributed by atoms with Crippen molar-refractivity contribution in [1.29, 1.82) is 0 Å². The number of hydrogen-bond donors (Lipinski definition) is 1. The molecule has 1 N–H and O–H groups in total. The van der Waals surface area contributed by atoms with E-state index >= 15 is 0 Å². The van der Waals surface area contributed by atoms with E-state index in [1.54, 1.807) is 12.1 Å². The summed E-state index contributed by atoms with van der Waals surface area (Å²) in [6, 6.07) is 3.83. The van der Waals surface area contributed by atoms with Gasteiger partial charge in [0.25, 0.3) is 0 Å². The minimum Gasteiger partial charge on any atom is -0.463 e. The third-order valence-electron chi connectivity index (χ3n) is 2.86. The number of hydrogen-bond acceptors (Lipinski definition) is 5. The monoisotopic (exact) mass is 239 g/mol. The van der Waals surface area contributed by atoms with Gasteiger partial charge in [-0.2, -0.15) is 0 Å². The Hall–Kier alpha value is -1.33. The molecule has 94 valence electrons. The first-order chi connectivity index (χ1) is 8.20. The summed E-state index contributed by atoms with van der Waals surface area (Å²) in [5, 5.41) is 3.39. The van der Waals surface area contributed by atoms with E-state index in [-0.39, 0.29) is 11.8 Å². The first kappa shape index (κ1) is 12.1. The molecular weight excluding hydrogens is 222 g/mol. The highest BCUT2D eigenvalue weighted by Crippen LogP contribution is 2.18. The molecule has 0 aromatic carbocycles. The van der Waals surface area contributed by atoms with Gasteiger partial charge in [-0.25, -0.2) is 4.79 Å². The summed E-state index contributed by atoms with van der Waals surface area (Å²) < 4.78 is 15.3. The van der Waals surface area contributed by atoms with Crippen molar-refractivity contribution in [1.82, 2.24) is 5.32 Å². The third kappa shape index (κ3) is 2.87. The Morgan fingerprint density at radius 3 is 3.06 bits per heavy atom. The minimum absolute atomic E-state index is 0.0557. The average molecular weight is 239 g/mol. The van der Waals surface area contributed by atoms with Gasteiger partial charge in [-0.1, -0.05) is 0 Å². The second-order valence-corrected chi connectivity index (χ2v) is 4.14. The zero-order valence-corrected chi connectivity index (χ0v) is 10.1. The van der Waals surface area contributed by atoms with E-state index in [1.165, 1.54) is 7.11 Å². The standard InChI is InChI=1S/C12H17NO4/c1-8(13-9-5-6-16-7-9)10-3-4-11(17-10)12(14)15-2/h3-4,8-9,13H,5-7H2,1-2H3. The van der Waals surface area contributed by atoms with E-state index in [1.807, 2.05) is 6.92 Å². The Bertz CT molecular complexity index is 382. The largest absolute Gasteiger partial charge is 0.463 e. The van der Waals surface area contributed by atoms with Crippen LogP contribution in [-0.4, -0.2) is 32.3 Å². The van der Waals surface area contributed by atoms with E-state index < -0.39 is 5.97 Å². The van der Waals surface area contributed by atoms with Crippen LogP contribution in [0.1, 0.15) is 35.7 Å². The highest BCUT2D eigenvalue weighted by molar-refractivity contribution is 5.86. The molecule has 5 nitrogen and oxygen atoms in total. The number of furan rings is 1. The lowest BCUT2D eigenvalue weighted by molar-refractivity contribution is 0.0562. The Balaban J connectivity index is 1.96. The van der Waals surface area contributed by atoms with Crippen molar-refractivity contribution in [3.05, 3.63) is 23.7 Å². The van der Waals surface area contributed by atoms with E-state index in [0.29, 0.717) is 6.04 Å². The smallest absolute Gasteiger partial charge is 0.373 e. The molecule has 0 spiro atoms. The maximum Gasteiger partial charge on any atom is 0.373 e. The van der Waals surface area contributed by atoms with Gasteiger partial charge in [0.15, 0.2) is 0 Å². The molecule has 0 saturated carbocycles.